The lowest BCUT2D eigenvalue weighted by Crippen LogP contribution is -2.14. The lowest BCUT2D eigenvalue weighted by atomic mass is 9.84. The zero-order valence-electron chi connectivity index (χ0n) is 35.9. The summed E-state index contributed by atoms with van der Waals surface area (Å²) in [5.74, 6) is 0. The van der Waals surface area contributed by atoms with Gasteiger partial charge in [-0.1, -0.05) is 221 Å². The highest BCUT2D eigenvalue weighted by atomic mass is 15.1. The minimum absolute atomic E-state index is 0.0599. The predicted molar refractivity (Wildman–Crippen MR) is 272 cm³/mol. The number of nitrogens with zero attached hydrogens (tertiary/aromatic N) is 1. The molecule has 0 fully saturated rings. The predicted octanol–water partition coefficient (Wildman–Crippen LogP) is 17.7. The summed E-state index contributed by atoms with van der Waals surface area (Å²) in [5, 5.41) is 9.87. The molecule has 0 saturated heterocycles. The average Bonchev–Trinajstić information content (AvgIpc) is 3.34. The van der Waals surface area contributed by atoms with Crippen molar-refractivity contribution in [3.63, 3.8) is 0 Å². The molecule has 11 aromatic carbocycles. The molecule has 0 aliphatic carbocycles. The normalized spacial score (nSPS) is 11.7. The summed E-state index contributed by atoms with van der Waals surface area (Å²) < 4.78 is 0. The smallest absolute Gasteiger partial charge is 0.0618 e. The largest absolute Gasteiger partial charge is 0.309 e. The molecule has 300 valence electrons. The van der Waals surface area contributed by atoms with Crippen LogP contribution in [0.1, 0.15) is 26.3 Å². The fourth-order valence-electron chi connectivity index (χ4n) is 9.77. The number of hydrogen-bond acceptors (Lipinski definition) is 1. The molecular weight excluding hydrogens is 759 g/mol. The zero-order chi connectivity index (χ0) is 42.5. The number of hydrogen-bond donors (Lipinski definition) is 0. The van der Waals surface area contributed by atoms with Crippen molar-refractivity contribution >= 4 is 60.2 Å². The summed E-state index contributed by atoms with van der Waals surface area (Å²) in [7, 11) is 0. The minimum atomic E-state index is 0.0599. The van der Waals surface area contributed by atoms with Gasteiger partial charge in [0.1, 0.15) is 0 Å². The molecule has 0 bridgehead atoms. The van der Waals surface area contributed by atoms with Gasteiger partial charge in [0.15, 0.2) is 0 Å². The van der Waals surface area contributed by atoms with E-state index in [0.717, 1.165) is 11.4 Å². The van der Waals surface area contributed by atoms with Crippen molar-refractivity contribution < 1.29 is 0 Å². The van der Waals surface area contributed by atoms with Gasteiger partial charge < -0.3 is 4.90 Å². The van der Waals surface area contributed by atoms with Crippen LogP contribution in [0.5, 0.6) is 0 Å². The first-order valence-corrected chi connectivity index (χ1v) is 22.0. The molecule has 0 aliphatic heterocycles. The van der Waals surface area contributed by atoms with Crippen LogP contribution in [0, 0.1) is 0 Å². The molecule has 0 saturated carbocycles. The topological polar surface area (TPSA) is 3.24 Å². The standard InChI is InChI=1S/C62H47N/c1-62(2,3)47-36-38-49(39-37-47)63(48-23-11-6-12-24-48)61-55-29-17-15-27-52(55)59(53-28-16-18-30-56(53)61)45-33-31-44(32-34-45)58-50-25-13-14-26-51(50)60(43-21-9-5-10-22-43)57-41-46(35-40-54(57)58)42-19-7-4-8-20-42/h4-41H,1-3H3. The van der Waals surface area contributed by atoms with Gasteiger partial charge in [0.2, 0.25) is 0 Å². The maximum Gasteiger partial charge on any atom is 0.0618 e. The molecule has 1 nitrogen and oxygen atoms in total. The Morgan fingerprint density at radius 2 is 0.619 bits per heavy atom. The third-order valence-electron chi connectivity index (χ3n) is 12.8. The van der Waals surface area contributed by atoms with Crippen molar-refractivity contribution in [1.29, 1.82) is 0 Å². The molecule has 11 aromatic rings. The second kappa shape index (κ2) is 15.6. The van der Waals surface area contributed by atoms with Crippen molar-refractivity contribution in [2.24, 2.45) is 0 Å². The van der Waals surface area contributed by atoms with Crippen molar-refractivity contribution in [2.45, 2.75) is 26.2 Å². The van der Waals surface area contributed by atoms with Gasteiger partial charge in [-0.2, -0.15) is 0 Å². The number of fused-ring (bicyclic) bond motifs is 4. The van der Waals surface area contributed by atoms with E-state index >= 15 is 0 Å². The highest BCUT2D eigenvalue weighted by Crippen LogP contribution is 2.49. The Labute approximate surface area is 370 Å². The van der Waals surface area contributed by atoms with E-state index in [4.69, 9.17) is 0 Å². The van der Waals surface area contributed by atoms with Crippen LogP contribution in [0.4, 0.5) is 17.1 Å². The van der Waals surface area contributed by atoms with E-state index in [2.05, 4.69) is 256 Å². The Morgan fingerprint density at radius 3 is 1.11 bits per heavy atom. The average molecular weight is 806 g/mol. The summed E-state index contributed by atoms with van der Waals surface area (Å²) in [6.45, 7) is 6.82. The lowest BCUT2D eigenvalue weighted by molar-refractivity contribution is 0.590. The van der Waals surface area contributed by atoms with Crippen molar-refractivity contribution in [3.05, 3.63) is 236 Å². The van der Waals surface area contributed by atoms with Crippen molar-refractivity contribution in [2.75, 3.05) is 4.90 Å². The molecule has 11 rings (SSSR count). The van der Waals surface area contributed by atoms with Gasteiger partial charge in [0.25, 0.3) is 0 Å². The van der Waals surface area contributed by atoms with Crippen molar-refractivity contribution in [1.82, 2.24) is 0 Å². The van der Waals surface area contributed by atoms with Gasteiger partial charge in [0, 0.05) is 22.1 Å². The molecule has 0 aliphatic rings. The van der Waals surface area contributed by atoms with Crippen LogP contribution in [0.2, 0.25) is 0 Å². The Balaban J connectivity index is 1.12. The SMILES string of the molecule is CC(C)(C)c1ccc(N(c2ccccc2)c2c3ccccc3c(-c3ccc(-c4c5ccccc5c(-c5ccccc5)c5cc(-c6ccccc6)ccc45)cc3)c3ccccc23)cc1. The molecular formula is C62H47N. The quantitative estimate of drug-likeness (QED) is 0.145. The van der Waals surface area contributed by atoms with Gasteiger partial charge >= 0.3 is 0 Å². The second-order valence-electron chi connectivity index (χ2n) is 17.6. The third kappa shape index (κ3) is 6.74. The van der Waals surface area contributed by atoms with Crippen LogP contribution in [0.15, 0.2) is 231 Å². The Morgan fingerprint density at radius 1 is 0.270 bits per heavy atom. The van der Waals surface area contributed by atoms with E-state index in [0.29, 0.717) is 0 Å². The van der Waals surface area contributed by atoms with E-state index in [-0.39, 0.29) is 5.41 Å². The van der Waals surface area contributed by atoms with Gasteiger partial charge in [-0.25, -0.2) is 0 Å². The molecule has 0 spiro atoms. The molecule has 0 N–H and O–H groups in total. The monoisotopic (exact) mass is 805 g/mol. The summed E-state index contributed by atoms with van der Waals surface area (Å²) >= 11 is 0. The van der Waals surface area contributed by atoms with E-state index < -0.39 is 0 Å². The summed E-state index contributed by atoms with van der Waals surface area (Å²) in [5.41, 5.74) is 14.6. The number of anilines is 3. The van der Waals surface area contributed by atoms with Gasteiger partial charge in [-0.3, -0.25) is 0 Å². The molecule has 1 heteroatoms. The van der Waals surface area contributed by atoms with E-state index in [9.17, 15) is 0 Å². The molecule has 0 atom stereocenters. The van der Waals surface area contributed by atoms with Crippen LogP contribution in [-0.4, -0.2) is 0 Å². The van der Waals surface area contributed by atoms with Gasteiger partial charge in [0.05, 0.1) is 5.69 Å². The number of benzene rings is 11. The van der Waals surface area contributed by atoms with E-state index in [1.165, 1.54) is 98.8 Å². The minimum Gasteiger partial charge on any atom is -0.309 e. The van der Waals surface area contributed by atoms with Crippen LogP contribution in [0.3, 0.4) is 0 Å². The highest BCUT2D eigenvalue weighted by molar-refractivity contribution is 6.24. The third-order valence-corrected chi connectivity index (χ3v) is 12.8. The van der Waals surface area contributed by atoms with Crippen molar-refractivity contribution in [3.8, 4) is 44.5 Å². The highest BCUT2D eigenvalue weighted by Gasteiger charge is 2.24. The van der Waals surface area contributed by atoms with Crippen LogP contribution < -0.4 is 4.90 Å². The first-order chi connectivity index (χ1) is 30.9. The van der Waals surface area contributed by atoms with Crippen LogP contribution in [0.25, 0.3) is 87.6 Å². The Kier molecular flexibility index (Phi) is 9.47. The molecule has 0 heterocycles. The zero-order valence-corrected chi connectivity index (χ0v) is 35.9. The molecule has 0 amide bonds. The maximum absolute atomic E-state index is 2.45. The van der Waals surface area contributed by atoms with Gasteiger partial charge in [-0.05, 0) is 118 Å². The second-order valence-corrected chi connectivity index (χ2v) is 17.6. The maximum atomic E-state index is 2.45. The Hall–Kier alpha value is -7.74. The first kappa shape index (κ1) is 38.2. The van der Waals surface area contributed by atoms with Crippen LogP contribution in [-0.2, 0) is 5.41 Å². The fourth-order valence-corrected chi connectivity index (χ4v) is 9.77. The van der Waals surface area contributed by atoms with Crippen LogP contribution >= 0.6 is 0 Å². The Bertz CT molecular complexity index is 3380. The molecule has 63 heavy (non-hydrogen) atoms. The number of rotatable bonds is 7. The lowest BCUT2D eigenvalue weighted by Gasteiger charge is -2.30. The van der Waals surface area contributed by atoms with Gasteiger partial charge in [-0.15, -0.1) is 0 Å². The van der Waals surface area contributed by atoms with E-state index in [1.807, 2.05) is 0 Å². The summed E-state index contributed by atoms with van der Waals surface area (Å²) in [6, 6.07) is 84.8. The molecule has 0 aromatic heterocycles. The first-order valence-electron chi connectivity index (χ1n) is 22.0. The molecule has 0 unspecified atom stereocenters. The summed E-state index contributed by atoms with van der Waals surface area (Å²) in [6.07, 6.45) is 0. The van der Waals surface area contributed by atoms with E-state index in [1.54, 1.807) is 0 Å². The fraction of sp³-hybridized carbons (Fsp3) is 0.0645. The number of para-hydroxylation sites is 1. The molecule has 0 radical (unpaired) electrons. The summed E-state index contributed by atoms with van der Waals surface area (Å²) in [4.78, 5) is 2.45.